The molecule has 0 radical (unpaired) electrons. The molecule has 7 heteroatoms. The maximum Gasteiger partial charge on any atom is 0.251 e. The predicted molar refractivity (Wildman–Crippen MR) is 113 cm³/mol. The van der Waals surface area contributed by atoms with Crippen LogP contribution in [0.4, 0.5) is 5.69 Å². The monoisotopic (exact) mass is 399 g/mol. The maximum atomic E-state index is 12.4. The molecule has 0 fully saturated rings. The molecule has 0 spiro atoms. The van der Waals surface area contributed by atoms with Gasteiger partial charge in [-0.25, -0.2) is 0 Å². The Bertz CT molecular complexity index is 778. The summed E-state index contributed by atoms with van der Waals surface area (Å²) in [7, 11) is 3.86. The van der Waals surface area contributed by atoms with E-state index in [4.69, 9.17) is 4.74 Å². The molecule has 0 aliphatic rings. The van der Waals surface area contributed by atoms with Crippen molar-refractivity contribution in [3.8, 4) is 0 Å². The van der Waals surface area contributed by atoms with E-state index in [0.717, 1.165) is 5.69 Å². The van der Waals surface area contributed by atoms with E-state index in [1.165, 1.54) is 0 Å². The van der Waals surface area contributed by atoms with Crippen molar-refractivity contribution < 1.29 is 19.4 Å². The molecule has 0 heterocycles. The minimum absolute atomic E-state index is 0.0196. The first-order valence-electron chi connectivity index (χ1n) is 9.60. The zero-order chi connectivity index (χ0) is 21.2. The van der Waals surface area contributed by atoms with Crippen LogP contribution in [0.15, 0.2) is 54.6 Å². The number of ether oxygens (including phenoxy) is 1. The number of benzene rings is 2. The van der Waals surface area contributed by atoms with Crippen molar-refractivity contribution in [1.82, 2.24) is 10.6 Å². The van der Waals surface area contributed by atoms with Gasteiger partial charge >= 0.3 is 0 Å². The van der Waals surface area contributed by atoms with Gasteiger partial charge in [0.15, 0.2) is 0 Å². The highest BCUT2D eigenvalue weighted by molar-refractivity contribution is 5.94. The van der Waals surface area contributed by atoms with E-state index in [9.17, 15) is 14.7 Å². The van der Waals surface area contributed by atoms with Gasteiger partial charge in [-0.1, -0.05) is 18.2 Å². The Morgan fingerprint density at radius 3 is 2.03 bits per heavy atom. The average Bonchev–Trinajstić information content (AvgIpc) is 2.75. The van der Waals surface area contributed by atoms with Gasteiger partial charge in [0.05, 0.1) is 6.10 Å². The van der Waals surface area contributed by atoms with Crippen molar-refractivity contribution in [2.75, 3.05) is 38.7 Å². The van der Waals surface area contributed by atoms with Gasteiger partial charge in [0.2, 0.25) is 0 Å². The van der Waals surface area contributed by atoms with E-state index in [-0.39, 0.29) is 24.9 Å². The smallest absolute Gasteiger partial charge is 0.251 e. The fourth-order valence-corrected chi connectivity index (χ4v) is 2.75. The van der Waals surface area contributed by atoms with Crippen molar-refractivity contribution in [2.45, 2.75) is 19.1 Å². The summed E-state index contributed by atoms with van der Waals surface area (Å²) in [6.45, 7) is 2.34. The van der Waals surface area contributed by atoms with Gasteiger partial charge < -0.3 is 25.4 Å². The molecule has 0 aliphatic carbocycles. The lowest BCUT2D eigenvalue weighted by atomic mass is 10.1. The van der Waals surface area contributed by atoms with E-state index in [2.05, 4.69) is 10.6 Å². The Morgan fingerprint density at radius 1 is 0.931 bits per heavy atom. The summed E-state index contributed by atoms with van der Waals surface area (Å²) in [5.41, 5.74) is 2.04. The largest absolute Gasteiger partial charge is 0.388 e. The second-order valence-electron chi connectivity index (χ2n) is 6.79. The molecule has 2 aromatic rings. The van der Waals surface area contributed by atoms with Crippen LogP contribution in [0, 0.1) is 0 Å². The van der Waals surface area contributed by atoms with Gasteiger partial charge in [-0.2, -0.15) is 0 Å². The Morgan fingerprint density at radius 2 is 1.48 bits per heavy atom. The number of amides is 2. The fourth-order valence-electron chi connectivity index (χ4n) is 2.75. The quantitative estimate of drug-likeness (QED) is 0.566. The van der Waals surface area contributed by atoms with Crippen LogP contribution in [0.1, 0.15) is 27.6 Å². The van der Waals surface area contributed by atoms with Crippen molar-refractivity contribution in [3.63, 3.8) is 0 Å². The SMILES string of the molecule is CCO[C@H](CNC(=O)c1ccc(N(C)C)cc1)[C@@H](O)CNC(=O)c1ccccc1. The molecule has 2 atom stereocenters. The molecule has 0 bridgehead atoms. The molecule has 0 saturated heterocycles. The molecular formula is C22H29N3O4. The van der Waals surface area contributed by atoms with Crippen LogP contribution in [0.3, 0.4) is 0 Å². The number of carbonyl (C=O) groups is 2. The number of hydrogen-bond donors (Lipinski definition) is 3. The van der Waals surface area contributed by atoms with Crippen molar-refractivity contribution in [1.29, 1.82) is 0 Å². The van der Waals surface area contributed by atoms with Crippen LogP contribution in [0.5, 0.6) is 0 Å². The van der Waals surface area contributed by atoms with E-state index >= 15 is 0 Å². The number of aliphatic hydroxyl groups is 1. The standard InChI is InChI=1S/C22H29N3O4/c1-4-29-20(19(26)14-23-21(27)16-8-6-5-7-9-16)15-24-22(28)17-10-12-18(13-11-17)25(2)3/h5-13,19-20,26H,4,14-15H2,1-3H3,(H,23,27)(H,24,28)/t19-,20+/m0/s1. The van der Waals surface area contributed by atoms with Crippen LogP contribution < -0.4 is 15.5 Å². The van der Waals surface area contributed by atoms with E-state index in [0.29, 0.717) is 17.7 Å². The number of hydrogen-bond acceptors (Lipinski definition) is 5. The second-order valence-corrected chi connectivity index (χ2v) is 6.79. The molecule has 0 saturated carbocycles. The molecule has 0 aliphatic heterocycles. The molecule has 0 unspecified atom stereocenters. The van der Waals surface area contributed by atoms with Crippen molar-refractivity contribution >= 4 is 17.5 Å². The number of aliphatic hydroxyl groups excluding tert-OH is 1. The van der Waals surface area contributed by atoms with Gasteiger partial charge in [0, 0.05) is 50.6 Å². The molecule has 156 valence electrons. The van der Waals surface area contributed by atoms with Crippen molar-refractivity contribution in [3.05, 3.63) is 65.7 Å². The van der Waals surface area contributed by atoms with Gasteiger partial charge in [-0.3, -0.25) is 9.59 Å². The van der Waals surface area contributed by atoms with Crippen LogP contribution in [0.2, 0.25) is 0 Å². The van der Waals surface area contributed by atoms with E-state index in [1.54, 1.807) is 36.4 Å². The molecule has 0 aromatic heterocycles. The zero-order valence-corrected chi connectivity index (χ0v) is 17.1. The summed E-state index contributed by atoms with van der Waals surface area (Å²) >= 11 is 0. The van der Waals surface area contributed by atoms with Gasteiger partial charge in [0.1, 0.15) is 6.10 Å². The van der Waals surface area contributed by atoms with Gasteiger partial charge in [0.25, 0.3) is 11.8 Å². The summed E-state index contributed by atoms with van der Waals surface area (Å²) in [4.78, 5) is 26.4. The second kappa shape index (κ2) is 11.2. The third-order valence-electron chi connectivity index (χ3n) is 4.43. The van der Waals surface area contributed by atoms with E-state index < -0.39 is 12.2 Å². The number of carbonyl (C=O) groups excluding carboxylic acids is 2. The van der Waals surface area contributed by atoms with Crippen LogP contribution >= 0.6 is 0 Å². The highest BCUT2D eigenvalue weighted by atomic mass is 16.5. The lowest BCUT2D eigenvalue weighted by Gasteiger charge is -2.23. The van der Waals surface area contributed by atoms with Crippen LogP contribution in [-0.4, -0.2) is 62.9 Å². The third-order valence-corrected chi connectivity index (χ3v) is 4.43. The number of nitrogens with one attached hydrogen (secondary N) is 2. The Hall–Kier alpha value is -2.90. The normalized spacial score (nSPS) is 12.7. The molecule has 29 heavy (non-hydrogen) atoms. The van der Waals surface area contributed by atoms with Gasteiger partial charge in [-0.15, -0.1) is 0 Å². The maximum absolute atomic E-state index is 12.4. The minimum Gasteiger partial charge on any atom is -0.388 e. The first-order valence-corrected chi connectivity index (χ1v) is 9.60. The molecule has 2 rings (SSSR count). The Balaban J connectivity index is 1.87. The number of nitrogens with zero attached hydrogens (tertiary/aromatic N) is 1. The highest BCUT2D eigenvalue weighted by Gasteiger charge is 2.21. The number of rotatable bonds is 10. The first-order chi connectivity index (χ1) is 13.9. The summed E-state index contributed by atoms with van der Waals surface area (Å²) in [5.74, 6) is -0.523. The van der Waals surface area contributed by atoms with E-state index in [1.807, 2.05) is 44.1 Å². The predicted octanol–water partition coefficient (Wildman–Crippen LogP) is 1.68. The zero-order valence-electron chi connectivity index (χ0n) is 17.1. The molecule has 3 N–H and O–H groups in total. The first kappa shape index (κ1) is 22.4. The number of anilines is 1. The van der Waals surface area contributed by atoms with Crippen LogP contribution in [-0.2, 0) is 4.74 Å². The third kappa shape index (κ3) is 6.89. The van der Waals surface area contributed by atoms with Gasteiger partial charge in [-0.05, 0) is 43.3 Å². The topological polar surface area (TPSA) is 90.9 Å². The molecule has 2 amide bonds. The lowest BCUT2D eigenvalue weighted by molar-refractivity contribution is -0.0287. The minimum atomic E-state index is -0.959. The summed E-state index contributed by atoms with van der Waals surface area (Å²) in [5, 5.41) is 15.9. The highest BCUT2D eigenvalue weighted by Crippen LogP contribution is 2.12. The summed E-state index contributed by atoms with van der Waals surface area (Å²) in [6, 6.07) is 16.0. The molecule has 7 nitrogen and oxygen atoms in total. The van der Waals surface area contributed by atoms with Crippen molar-refractivity contribution in [2.24, 2.45) is 0 Å². The Kier molecular flexibility index (Phi) is 8.64. The fraction of sp³-hybridized carbons (Fsp3) is 0.364. The summed E-state index contributed by atoms with van der Waals surface area (Å²) in [6.07, 6.45) is -1.60. The average molecular weight is 399 g/mol. The Labute approximate surface area is 171 Å². The molecule has 2 aromatic carbocycles. The molecular weight excluding hydrogens is 370 g/mol. The lowest BCUT2D eigenvalue weighted by Crippen LogP contribution is -2.46. The van der Waals surface area contributed by atoms with Crippen LogP contribution in [0.25, 0.3) is 0 Å². The summed E-state index contributed by atoms with van der Waals surface area (Å²) < 4.78 is 5.56.